The van der Waals surface area contributed by atoms with E-state index in [1.165, 1.54) is 38.8 Å². The number of nitrogens with zero attached hydrogens (tertiary/aromatic N) is 2. The van der Waals surface area contributed by atoms with Crippen molar-refractivity contribution < 1.29 is 4.74 Å². The van der Waals surface area contributed by atoms with Crippen molar-refractivity contribution in [2.45, 2.75) is 63.3 Å². The molecule has 0 spiro atoms. The Hall–Kier alpha value is -0.160. The summed E-state index contributed by atoms with van der Waals surface area (Å²) in [6.07, 6.45) is 5.99. The second-order valence-electron chi connectivity index (χ2n) is 6.77. The number of nitrogens with two attached hydrogens (primary N) is 1. The number of hydrogen-bond acceptors (Lipinski definition) is 4. The van der Waals surface area contributed by atoms with Crippen LogP contribution in [0.4, 0.5) is 0 Å². The SMILES string of the molecule is CC1CN(C2(CN)CCN3CCCCC32)CC(C)O1. The molecule has 3 rings (SSSR count). The lowest BCUT2D eigenvalue weighted by Gasteiger charge is -2.51. The third-order valence-electron chi connectivity index (χ3n) is 5.47. The zero-order valence-corrected chi connectivity index (χ0v) is 12.5. The maximum Gasteiger partial charge on any atom is 0.0678 e. The van der Waals surface area contributed by atoms with Gasteiger partial charge in [0.25, 0.3) is 0 Å². The molecule has 3 aliphatic heterocycles. The first kappa shape index (κ1) is 13.8. The van der Waals surface area contributed by atoms with E-state index in [4.69, 9.17) is 10.5 Å². The highest BCUT2D eigenvalue weighted by atomic mass is 16.5. The lowest BCUT2D eigenvalue weighted by molar-refractivity contribution is -0.108. The third kappa shape index (κ3) is 2.33. The molecular formula is C15H29N3O. The van der Waals surface area contributed by atoms with Crippen LogP contribution in [-0.2, 0) is 4.74 Å². The van der Waals surface area contributed by atoms with Crippen LogP contribution in [-0.4, -0.2) is 66.3 Å². The molecule has 0 aromatic carbocycles. The molecule has 0 amide bonds. The van der Waals surface area contributed by atoms with Gasteiger partial charge < -0.3 is 10.5 Å². The van der Waals surface area contributed by atoms with Crippen LogP contribution in [0.1, 0.15) is 39.5 Å². The summed E-state index contributed by atoms with van der Waals surface area (Å²) in [5, 5.41) is 0. The van der Waals surface area contributed by atoms with Crippen LogP contribution in [0.25, 0.3) is 0 Å². The zero-order valence-electron chi connectivity index (χ0n) is 12.5. The fourth-order valence-corrected chi connectivity index (χ4v) is 4.65. The van der Waals surface area contributed by atoms with Gasteiger partial charge in [0, 0.05) is 32.2 Å². The van der Waals surface area contributed by atoms with Crippen molar-refractivity contribution in [2.24, 2.45) is 5.73 Å². The summed E-state index contributed by atoms with van der Waals surface area (Å²) in [5.74, 6) is 0. The lowest BCUT2D eigenvalue weighted by atomic mass is 9.83. The Bertz CT molecular complexity index is 315. The summed E-state index contributed by atoms with van der Waals surface area (Å²) >= 11 is 0. The Balaban J connectivity index is 1.82. The fraction of sp³-hybridized carbons (Fsp3) is 1.00. The minimum atomic E-state index is 0.215. The number of ether oxygens (including phenoxy) is 1. The highest BCUT2D eigenvalue weighted by Gasteiger charge is 2.51. The topological polar surface area (TPSA) is 41.7 Å². The van der Waals surface area contributed by atoms with E-state index in [1.54, 1.807) is 0 Å². The van der Waals surface area contributed by atoms with Crippen LogP contribution in [0.5, 0.6) is 0 Å². The highest BCUT2D eigenvalue weighted by molar-refractivity contribution is 5.09. The van der Waals surface area contributed by atoms with Crippen LogP contribution in [0.15, 0.2) is 0 Å². The molecule has 0 aromatic heterocycles. The highest BCUT2D eigenvalue weighted by Crippen LogP contribution is 2.39. The third-order valence-corrected chi connectivity index (χ3v) is 5.47. The van der Waals surface area contributed by atoms with Crippen molar-refractivity contribution in [1.29, 1.82) is 0 Å². The van der Waals surface area contributed by atoms with Crippen molar-refractivity contribution in [2.75, 3.05) is 32.7 Å². The zero-order chi connectivity index (χ0) is 13.5. The predicted octanol–water partition coefficient (Wildman–Crippen LogP) is 1.05. The molecule has 3 fully saturated rings. The second-order valence-corrected chi connectivity index (χ2v) is 6.77. The minimum absolute atomic E-state index is 0.215. The molecule has 0 aromatic rings. The van der Waals surface area contributed by atoms with E-state index in [0.29, 0.717) is 18.2 Å². The van der Waals surface area contributed by atoms with Gasteiger partial charge in [-0.3, -0.25) is 9.80 Å². The minimum Gasteiger partial charge on any atom is -0.373 e. The molecule has 0 aliphatic carbocycles. The second kappa shape index (κ2) is 5.32. The molecule has 2 N–H and O–H groups in total. The van der Waals surface area contributed by atoms with Crippen molar-refractivity contribution in [3.8, 4) is 0 Å². The van der Waals surface area contributed by atoms with E-state index in [0.717, 1.165) is 19.6 Å². The largest absolute Gasteiger partial charge is 0.373 e. The molecule has 4 atom stereocenters. The van der Waals surface area contributed by atoms with E-state index < -0.39 is 0 Å². The average molecular weight is 267 g/mol. The predicted molar refractivity (Wildman–Crippen MR) is 77.2 cm³/mol. The molecular weight excluding hydrogens is 238 g/mol. The van der Waals surface area contributed by atoms with E-state index in [9.17, 15) is 0 Å². The van der Waals surface area contributed by atoms with Crippen molar-refractivity contribution in [3.05, 3.63) is 0 Å². The van der Waals surface area contributed by atoms with Crippen LogP contribution in [0, 0.1) is 0 Å². The summed E-state index contributed by atoms with van der Waals surface area (Å²) in [6, 6.07) is 0.684. The smallest absolute Gasteiger partial charge is 0.0678 e. The first-order valence-electron chi connectivity index (χ1n) is 8.00. The van der Waals surface area contributed by atoms with Gasteiger partial charge in [-0.05, 0) is 39.7 Å². The van der Waals surface area contributed by atoms with Crippen molar-refractivity contribution >= 4 is 0 Å². The lowest BCUT2D eigenvalue weighted by Crippen LogP contribution is -2.65. The summed E-state index contributed by atoms with van der Waals surface area (Å²) < 4.78 is 5.91. The number of morpholine rings is 1. The molecule has 110 valence electrons. The van der Waals surface area contributed by atoms with Gasteiger partial charge in [-0.2, -0.15) is 0 Å². The molecule has 19 heavy (non-hydrogen) atoms. The summed E-state index contributed by atoms with van der Waals surface area (Å²) in [5.41, 5.74) is 6.50. The van der Waals surface area contributed by atoms with Crippen molar-refractivity contribution in [3.63, 3.8) is 0 Å². The van der Waals surface area contributed by atoms with Gasteiger partial charge in [-0.1, -0.05) is 6.42 Å². The first-order chi connectivity index (χ1) is 9.15. The summed E-state index contributed by atoms with van der Waals surface area (Å²) in [4.78, 5) is 5.36. The first-order valence-corrected chi connectivity index (χ1v) is 8.00. The Morgan fingerprint density at radius 3 is 2.58 bits per heavy atom. The van der Waals surface area contributed by atoms with Crippen LogP contribution in [0.3, 0.4) is 0 Å². The maximum atomic E-state index is 6.29. The van der Waals surface area contributed by atoms with E-state index in [-0.39, 0.29) is 5.54 Å². The monoisotopic (exact) mass is 267 g/mol. The van der Waals surface area contributed by atoms with Gasteiger partial charge in [0.15, 0.2) is 0 Å². The molecule has 4 nitrogen and oxygen atoms in total. The number of piperidine rings is 1. The van der Waals surface area contributed by atoms with Gasteiger partial charge in [0.2, 0.25) is 0 Å². The quantitative estimate of drug-likeness (QED) is 0.812. The molecule has 3 aliphatic rings. The van der Waals surface area contributed by atoms with E-state index in [2.05, 4.69) is 23.6 Å². The van der Waals surface area contributed by atoms with Crippen LogP contribution < -0.4 is 5.73 Å². The summed E-state index contributed by atoms with van der Waals surface area (Å²) in [7, 11) is 0. The van der Waals surface area contributed by atoms with Crippen LogP contribution >= 0.6 is 0 Å². The fourth-order valence-electron chi connectivity index (χ4n) is 4.65. The molecule has 0 saturated carbocycles. The van der Waals surface area contributed by atoms with Gasteiger partial charge >= 0.3 is 0 Å². The standard InChI is InChI=1S/C15H29N3O/c1-12-9-18(10-13(2)19-12)15(11-16)6-8-17-7-4-3-5-14(15)17/h12-14H,3-11,16H2,1-2H3. The Labute approximate surface area is 117 Å². The molecule has 0 bridgehead atoms. The summed E-state index contributed by atoms with van der Waals surface area (Å²) in [6.45, 7) is 9.80. The normalized spacial score (nSPS) is 45.3. The number of rotatable bonds is 2. The van der Waals surface area contributed by atoms with Crippen LogP contribution in [0.2, 0.25) is 0 Å². The molecule has 0 radical (unpaired) electrons. The van der Waals surface area contributed by atoms with Gasteiger partial charge in [0.1, 0.15) is 0 Å². The Morgan fingerprint density at radius 1 is 1.16 bits per heavy atom. The van der Waals surface area contributed by atoms with Gasteiger partial charge in [-0.25, -0.2) is 0 Å². The average Bonchev–Trinajstić information content (AvgIpc) is 2.77. The van der Waals surface area contributed by atoms with Gasteiger partial charge in [-0.15, -0.1) is 0 Å². The van der Waals surface area contributed by atoms with E-state index in [1.807, 2.05) is 0 Å². The Kier molecular flexibility index (Phi) is 3.87. The van der Waals surface area contributed by atoms with E-state index >= 15 is 0 Å². The van der Waals surface area contributed by atoms with Crippen molar-refractivity contribution in [1.82, 2.24) is 9.80 Å². The maximum absolute atomic E-state index is 6.29. The Morgan fingerprint density at radius 2 is 1.89 bits per heavy atom. The molecule has 4 unspecified atom stereocenters. The van der Waals surface area contributed by atoms with Gasteiger partial charge in [0.05, 0.1) is 17.7 Å². The molecule has 3 saturated heterocycles. The molecule has 4 heteroatoms. The molecule has 3 heterocycles. The number of fused-ring (bicyclic) bond motifs is 1. The number of hydrogen-bond donors (Lipinski definition) is 1.